The number of anilines is 1. The third-order valence-corrected chi connectivity index (χ3v) is 8.69. The Balaban J connectivity index is 1.12. The summed E-state index contributed by atoms with van der Waals surface area (Å²) in [4.78, 5) is 2.45. The fraction of sp³-hybridized carbons (Fsp3) is 0.486. The van der Waals surface area contributed by atoms with Crippen molar-refractivity contribution in [2.75, 3.05) is 45.2 Å². The van der Waals surface area contributed by atoms with Crippen LogP contribution in [0.15, 0.2) is 54.6 Å². The summed E-state index contributed by atoms with van der Waals surface area (Å²) in [6.45, 7) is 4.41. The maximum atomic E-state index is 14.8. The van der Waals surface area contributed by atoms with Gasteiger partial charge in [-0.1, -0.05) is 37.5 Å². The minimum absolute atomic E-state index is 0.274. The van der Waals surface area contributed by atoms with E-state index in [-0.39, 0.29) is 5.82 Å². The molecule has 1 heterocycles. The van der Waals surface area contributed by atoms with Crippen molar-refractivity contribution >= 4 is 5.69 Å². The number of benzene rings is 3. The molecule has 0 aromatic heterocycles. The zero-order chi connectivity index (χ0) is 28.4. The van der Waals surface area contributed by atoms with Crippen LogP contribution in [0.3, 0.4) is 0 Å². The van der Waals surface area contributed by atoms with E-state index in [9.17, 15) is 9.50 Å². The van der Waals surface area contributed by atoms with Crippen molar-refractivity contribution in [3.63, 3.8) is 0 Å². The normalized spacial score (nSPS) is 17.8. The van der Waals surface area contributed by atoms with Crippen LogP contribution in [-0.2, 0) is 19.3 Å². The van der Waals surface area contributed by atoms with E-state index in [0.29, 0.717) is 24.0 Å². The smallest absolute Gasteiger partial charge is 0.165 e. The van der Waals surface area contributed by atoms with Gasteiger partial charge in [0.2, 0.25) is 0 Å². The highest BCUT2D eigenvalue weighted by atomic mass is 19.1. The molecule has 3 aromatic rings. The van der Waals surface area contributed by atoms with Crippen LogP contribution in [0.2, 0.25) is 0 Å². The van der Waals surface area contributed by atoms with Gasteiger partial charge in [0.15, 0.2) is 11.6 Å². The van der Waals surface area contributed by atoms with Crippen molar-refractivity contribution in [2.24, 2.45) is 0 Å². The van der Waals surface area contributed by atoms with Gasteiger partial charge < -0.3 is 19.9 Å². The molecule has 5 rings (SSSR count). The maximum absolute atomic E-state index is 14.8. The number of phenols is 1. The highest BCUT2D eigenvalue weighted by Gasteiger charge is 2.23. The number of hydrogen-bond acceptors (Lipinski definition) is 5. The van der Waals surface area contributed by atoms with Crippen LogP contribution in [0.1, 0.15) is 73.1 Å². The second-order valence-corrected chi connectivity index (χ2v) is 11.6. The quantitative estimate of drug-likeness (QED) is 0.238. The van der Waals surface area contributed by atoms with Crippen LogP contribution in [0.25, 0.3) is 0 Å². The van der Waals surface area contributed by atoms with Crippen LogP contribution >= 0.6 is 0 Å². The molecule has 3 aromatic carbocycles. The average Bonchev–Trinajstić information content (AvgIpc) is 2.97. The number of hydrogen-bond donors (Lipinski definition) is 2. The number of aromatic hydroxyl groups is 1. The SMILES string of the molecule is COc1ccc([C@H]2CCc3cc(O)ccc3C2)c(NCCCc2ccc(OCCN3CCCCCCC3)c(F)c2)c1. The minimum atomic E-state index is -0.274. The van der Waals surface area contributed by atoms with Crippen molar-refractivity contribution in [2.45, 2.75) is 70.1 Å². The Kier molecular flexibility index (Phi) is 10.4. The van der Waals surface area contributed by atoms with E-state index >= 15 is 0 Å². The first-order valence-corrected chi connectivity index (χ1v) is 15.4. The summed E-state index contributed by atoms with van der Waals surface area (Å²) in [7, 11) is 1.69. The number of rotatable bonds is 11. The fourth-order valence-electron chi connectivity index (χ4n) is 6.33. The van der Waals surface area contributed by atoms with Crippen molar-refractivity contribution in [3.05, 3.63) is 82.7 Å². The lowest BCUT2D eigenvalue weighted by Crippen LogP contribution is -2.31. The molecule has 1 fully saturated rings. The summed E-state index contributed by atoms with van der Waals surface area (Å²) >= 11 is 0. The Morgan fingerprint density at radius 2 is 1.78 bits per heavy atom. The molecule has 1 aliphatic heterocycles. The number of halogens is 1. The summed E-state index contributed by atoms with van der Waals surface area (Å²) < 4.78 is 26.1. The Labute approximate surface area is 244 Å². The molecule has 0 bridgehead atoms. The fourth-order valence-corrected chi connectivity index (χ4v) is 6.33. The van der Waals surface area contributed by atoms with Gasteiger partial charge in [0, 0.05) is 24.8 Å². The number of nitrogens with one attached hydrogen (secondary N) is 1. The van der Waals surface area contributed by atoms with Crippen LogP contribution in [0.4, 0.5) is 10.1 Å². The Morgan fingerprint density at radius 3 is 2.59 bits per heavy atom. The first kappa shape index (κ1) is 29.2. The van der Waals surface area contributed by atoms with E-state index in [1.807, 2.05) is 18.2 Å². The summed E-state index contributed by atoms with van der Waals surface area (Å²) in [5.41, 5.74) is 5.95. The highest BCUT2D eigenvalue weighted by Crippen LogP contribution is 2.38. The molecule has 0 amide bonds. The Morgan fingerprint density at radius 1 is 0.951 bits per heavy atom. The Bertz CT molecular complexity index is 1270. The molecular formula is C35H45FN2O3. The summed E-state index contributed by atoms with van der Waals surface area (Å²) in [6.07, 6.45) is 11.1. The molecule has 5 nitrogen and oxygen atoms in total. The molecule has 0 radical (unpaired) electrons. The van der Waals surface area contributed by atoms with E-state index in [4.69, 9.17) is 9.47 Å². The lowest BCUT2D eigenvalue weighted by Gasteiger charge is -2.27. The second-order valence-electron chi connectivity index (χ2n) is 11.6. The molecule has 6 heteroatoms. The molecule has 220 valence electrons. The molecule has 0 unspecified atom stereocenters. The van der Waals surface area contributed by atoms with Gasteiger partial charge in [0.25, 0.3) is 0 Å². The third kappa shape index (κ3) is 8.16. The van der Waals surface area contributed by atoms with Crippen LogP contribution in [0.5, 0.6) is 17.2 Å². The van der Waals surface area contributed by atoms with Gasteiger partial charge in [-0.2, -0.15) is 0 Å². The van der Waals surface area contributed by atoms with Gasteiger partial charge in [-0.3, -0.25) is 4.90 Å². The topological polar surface area (TPSA) is 54.0 Å². The Hall–Kier alpha value is -3.25. The van der Waals surface area contributed by atoms with Crippen LogP contribution < -0.4 is 14.8 Å². The number of phenolic OH excluding ortho intramolecular Hbond substituents is 1. The summed E-state index contributed by atoms with van der Waals surface area (Å²) in [6, 6.07) is 17.4. The monoisotopic (exact) mass is 560 g/mol. The zero-order valence-electron chi connectivity index (χ0n) is 24.5. The maximum Gasteiger partial charge on any atom is 0.165 e. The van der Waals surface area contributed by atoms with E-state index in [2.05, 4.69) is 28.4 Å². The van der Waals surface area contributed by atoms with E-state index in [1.165, 1.54) is 48.8 Å². The van der Waals surface area contributed by atoms with Gasteiger partial charge >= 0.3 is 0 Å². The van der Waals surface area contributed by atoms with Crippen LogP contribution in [-0.4, -0.2) is 49.9 Å². The van der Waals surface area contributed by atoms with E-state index < -0.39 is 0 Å². The van der Waals surface area contributed by atoms with Gasteiger partial charge in [0.1, 0.15) is 18.1 Å². The number of aryl methyl sites for hydroxylation is 2. The van der Waals surface area contributed by atoms with E-state index in [1.54, 1.807) is 25.3 Å². The first-order chi connectivity index (χ1) is 20.1. The number of methoxy groups -OCH3 is 1. The predicted octanol–water partition coefficient (Wildman–Crippen LogP) is 7.50. The molecule has 1 aliphatic carbocycles. The van der Waals surface area contributed by atoms with Gasteiger partial charge in [-0.05, 0) is 117 Å². The average molecular weight is 561 g/mol. The second kappa shape index (κ2) is 14.6. The van der Waals surface area contributed by atoms with E-state index in [0.717, 1.165) is 75.3 Å². The standard InChI is InChI=1S/C35H45FN2O3/c1-40-31-14-15-32(29-11-10-28-24-30(39)13-12-27(28)23-29)34(25-31)37-17-7-8-26-9-16-35(33(36)22-26)41-21-20-38-18-5-3-2-4-6-19-38/h9,12-16,22,24-25,29,37,39H,2-8,10-11,17-21,23H2,1H3/t29-/m0/s1. The van der Waals surface area contributed by atoms with Crippen molar-refractivity contribution in [3.8, 4) is 17.2 Å². The number of fused-ring (bicyclic) bond motifs is 1. The van der Waals surface area contributed by atoms with Crippen molar-refractivity contribution < 1.29 is 19.0 Å². The molecule has 0 saturated carbocycles. The molecule has 41 heavy (non-hydrogen) atoms. The lowest BCUT2D eigenvalue weighted by molar-refractivity contribution is 0.192. The number of ether oxygens (including phenoxy) is 2. The molecule has 2 N–H and O–H groups in total. The molecule has 1 saturated heterocycles. The van der Waals surface area contributed by atoms with Crippen molar-refractivity contribution in [1.29, 1.82) is 0 Å². The molecule has 2 aliphatic rings. The van der Waals surface area contributed by atoms with Gasteiger partial charge in [0.05, 0.1) is 7.11 Å². The minimum Gasteiger partial charge on any atom is -0.508 e. The predicted molar refractivity (Wildman–Crippen MR) is 164 cm³/mol. The molecule has 1 atom stereocenters. The van der Waals surface area contributed by atoms with Crippen molar-refractivity contribution in [1.82, 2.24) is 4.90 Å². The van der Waals surface area contributed by atoms with Crippen LogP contribution in [0, 0.1) is 5.82 Å². The summed E-state index contributed by atoms with van der Waals surface area (Å²) in [5.74, 6) is 1.66. The number of likely N-dealkylation sites (tertiary alicyclic amines) is 1. The summed E-state index contributed by atoms with van der Waals surface area (Å²) in [5, 5.41) is 13.5. The third-order valence-electron chi connectivity index (χ3n) is 8.69. The van der Waals surface area contributed by atoms with Gasteiger partial charge in [-0.25, -0.2) is 4.39 Å². The zero-order valence-corrected chi connectivity index (χ0v) is 24.5. The van der Waals surface area contributed by atoms with Gasteiger partial charge in [-0.15, -0.1) is 0 Å². The first-order valence-electron chi connectivity index (χ1n) is 15.4. The number of nitrogens with zero attached hydrogens (tertiary/aromatic N) is 1. The molecule has 0 spiro atoms. The molecular weight excluding hydrogens is 515 g/mol. The largest absolute Gasteiger partial charge is 0.508 e. The highest BCUT2D eigenvalue weighted by molar-refractivity contribution is 5.57. The lowest BCUT2D eigenvalue weighted by atomic mass is 9.79.